The Morgan fingerprint density at radius 2 is 1.76 bits per heavy atom. The second-order valence-electron chi connectivity index (χ2n) is 5.40. The van der Waals surface area contributed by atoms with Gasteiger partial charge in [0, 0.05) is 23.2 Å². The second-order valence-corrected chi connectivity index (χ2v) is 5.40. The van der Waals surface area contributed by atoms with Crippen LogP contribution < -0.4 is 5.73 Å². The number of aromatic nitrogens is 4. The fourth-order valence-corrected chi connectivity index (χ4v) is 2.66. The first-order valence-corrected chi connectivity index (χ1v) is 7.28. The number of hydrogen-bond donors (Lipinski definition) is 1. The van der Waals surface area contributed by atoms with Gasteiger partial charge in [-0.25, -0.2) is 15.0 Å². The molecule has 25 heavy (non-hydrogen) atoms. The molecule has 0 bridgehead atoms. The number of fused-ring (bicyclic) bond motifs is 3. The molecule has 0 fully saturated rings. The predicted octanol–water partition coefficient (Wildman–Crippen LogP) is 3.84. The van der Waals surface area contributed by atoms with E-state index < -0.39 is 11.7 Å². The Kier molecular flexibility index (Phi) is 3.28. The van der Waals surface area contributed by atoms with Crippen LogP contribution >= 0.6 is 0 Å². The number of nitrogens with zero attached hydrogens (tertiary/aromatic N) is 4. The fourth-order valence-electron chi connectivity index (χ4n) is 2.66. The van der Waals surface area contributed by atoms with Crippen LogP contribution in [0.3, 0.4) is 0 Å². The summed E-state index contributed by atoms with van der Waals surface area (Å²) in [6, 6.07) is 8.60. The van der Waals surface area contributed by atoms with Crippen LogP contribution in [0.4, 0.5) is 19.1 Å². The lowest BCUT2D eigenvalue weighted by Crippen LogP contribution is -2.05. The van der Waals surface area contributed by atoms with E-state index in [1.807, 2.05) is 0 Å². The molecular formula is C17H10F3N5. The highest BCUT2D eigenvalue weighted by atomic mass is 19.4. The monoisotopic (exact) mass is 341 g/mol. The number of alkyl halides is 3. The summed E-state index contributed by atoms with van der Waals surface area (Å²) in [5.41, 5.74) is 6.39. The highest BCUT2D eigenvalue weighted by molar-refractivity contribution is 6.08. The lowest BCUT2D eigenvalue weighted by molar-refractivity contribution is -0.137. The maximum Gasteiger partial charge on any atom is 0.416 e. The summed E-state index contributed by atoms with van der Waals surface area (Å²) in [4.78, 5) is 16.8. The van der Waals surface area contributed by atoms with Crippen LogP contribution in [0.2, 0.25) is 0 Å². The van der Waals surface area contributed by atoms with Crippen molar-refractivity contribution in [3.05, 3.63) is 54.4 Å². The third-order valence-corrected chi connectivity index (χ3v) is 3.79. The molecule has 4 aromatic rings. The van der Waals surface area contributed by atoms with Gasteiger partial charge in [-0.3, -0.25) is 4.98 Å². The van der Waals surface area contributed by atoms with Crippen LogP contribution in [0.15, 0.2) is 48.8 Å². The van der Waals surface area contributed by atoms with Crippen molar-refractivity contribution in [2.24, 2.45) is 0 Å². The number of nitrogens with two attached hydrogens (primary N) is 1. The average Bonchev–Trinajstić information content (AvgIpc) is 2.60. The van der Waals surface area contributed by atoms with Crippen molar-refractivity contribution >= 4 is 27.8 Å². The average molecular weight is 341 g/mol. The van der Waals surface area contributed by atoms with Gasteiger partial charge in [0.2, 0.25) is 5.95 Å². The molecule has 2 N–H and O–H groups in total. The van der Waals surface area contributed by atoms with Crippen LogP contribution in [0.25, 0.3) is 33.2 Å². The van der Waals surface area contributed by atoms with Gasteiger partial charge in [-0.2, -0.15) is 13.2 Å². The van der Waals surface area contributed by atoms with Crippen LogP contribution in [0, 0.1) is 0 Å². The summed E-state index contributed by atoms with van der Waals surface area (Å²) in [5.74, 6) is 0.0535. The summed E-state index contributed by atoms with van der Waals surface area (Å²) in [6.45, 7) is 0. The molecule has 124 valence electrons. The van der Waals surface area contributed by atoms with Crippen molar-refractivity contribution in [1.82, 2.24) is 19.9 Å². The lowest BCUT2D eigenvalue weighted by Gasteiger charge is -2.11. The van der Waals surface area contributed by atoms with E-state index in [0.29, 0.717) is 27.7 Å². The molecule has 5 nitrogen and oxygen atoms in total. The Balaban J connectivity index is 2.12. The van der Waals surface area contributed by atoms with Crippen LogP contribution in [-0.4, -0.2) is 19.9 Å². The number of hydrogen-bond acceptors (Lipinski definition) is 5. The van der Waals surface area contributed by atoms with Crippen molar-refractivity contribution in [2.45, 2.75) is 6.18 Å². The minimum absolute atomic E-state index is 0.0535. The molecule has 3 heterocycles. The van der Waals surface area contributed by atoms with Gasteiger partial charge in [-0.1, -0.05) is 12.1 Å². The largest absolute Gasteiger partial charge is 0.416 e. The summed E-state index contributed by atoms with van der Waals surface area (Å²) in [7, 11) is 0. The van der Waals surface area contributed by atoms with Gasteiger partial charge in [0.15, 0.2) is 0 Å². The number of halogens is 3. The molecule has 0 unspecified atom stereocenters. The number of anilines is 1. The quantitative estimate of drug-likeness (QED) is 0.532. The van der Waals surface area contributed by atoms with E-state index in [1.54, 1.807) is 24.4 Å². The molecule has 4 rings (SSSR count). The minimum atomic E-state index is -4.45. The van der Waals surface area contributed by atoms with Gasteiger partial charge in [-0.05, 0) is 24.3 Å². The van der Waals surface area contributed by atoms with E-state index in [2.05, 4.69) is 19.9 Å². The minimum Gasteiger partial charge on any atom is -0.368 e. The van der Waals surface area contributed by atoms with E-state index in [1.165, 1.54) is 12.3 Å². The zero-order chi connectivity index (χ0) is 17.6. The van der Waals surface area contributed by atoms with Gasteiger partial charge in [0.25, 0.3) is 0 Å². The van der Waals surface area contributed by atoms with E-state index in [-0.39, 0.29) is 11.5 Å². The third kappa shape index (κ3) is 2.61. The highest BCUT2D eigenvalue weighted by Crippen LogP contribution is 2.35. The Hall–Kier alpha value is -3.29. The van der Waals surface area contributed by atoms with Gasteiger partial charge in [0.05, 0.1) is 16.8 Å². The number of benzene rings is 1. The standard InChI is InChI=1S/C17H10F3N5/c18-17(19,20)9-4-5-10-11-8-23-16(21)25-14(11)15(24-13(10)7-9)12-3-1-2-6-22-12/h1-8H,(H2,21,23,25). The molecular weight excluding hydrogens is 331 g/mol. The zero-order valence-electron chi connectivity index (χ0n) is 12.6. The molecule has 0 atom stereocenters. The smallest absolute Gasteiger partial charge is 0.368 e. The van der Waals surface area contributed by atoms with Crippen molar-refractivity contribution in [3.63, 3.8) is 0 Å². The summed E-state index contributed by atoms with van der Waals surface area (Å²) < 4.78 is 39.1. The Labute approximate surface area is 139 Å². The molecule has 0 spiro atoms. The van der Waals surface area contributed by atoms with Gasteiger partial charge in [-0.15, -0.1) is 0 Å². The fraction of sp³-hybridized carbons (Fsp3) is 0.0588. The van der Waals surface area contributed by atoms with Crippen molar-refractivity contribution in [2.75, 3.05) is 5.73 Å². The molecule has 8 heteroatoms. The van der Waals surface area contributed by atoms with E-state index in [9.17, 15) is 13.2 Å². The molecule has 0 radical (unpaired) electrons. The van der Waals surface area contributed by atoms with E-state index >= 15 is 0 Å². The molecule has 0 aliphatic rings. The molecule has 0 aliphatic carbocycles. The molecule has 0 saturated heterocycles. The molecule has 3 aromatic heterocycles. The van der Waals surface area contributed by atoms with Crippen molar-refractivity contribution in [1.29, 1.82) is 0 Å². The van der Waals surface area contributed by atoms with Gasteiger partial charge >= 0.3 is 6.18 Å². The number of rotatable bonds is 1. The number of nitrogen functional groups attached to an aromatic ring is 1. The summed E-state index contributed by atoms with van der Waals surface area (Å²) in [6.07, 6.45) is -1.39. The number of pyridine rings is 2. The first-order valence-electron chi connectivity index (χ1n) is 7.28. The Bertz CT molecular complexity index is 1090. The molecule has 0 saturated carbocycles. The highest BCUT2D eigenvalue weighted by Gasteiger charge is 2.31. The topological polar surface area (TPSA) is 77.6 Å². The van der Waals surface area contributed by atoms with E-state index in [4.69, 9.17) is 5.73 Å². The normalized spacial score (nSPS) is 12.0. The van der Waals surface area contributed by atoms with Gasteiger partial charge < -0.3 is 5.73 Å². The summed E-state index contributed by atoms with van der Waals surface area (Å²) in [5, 5.41) is 1.08. The van der Waals surface area contributed by atoms with Crippen LogP contribution in [0.5, 0.6) is 0 Å². The van der Waals surface area contributed by atoms with Gasteiger partial charge in [0.1, 0.15) is 11.2 Å². The maximum atomic E-state index is 13.0. The zero-order valence-corrected chi connectivity index (χ0v) is 12.6. The molecule has 0 amide bonds. The lowest BCUT2D eigenvalue weighted by atomic mass is 10.1. The van der Waals surface area contributed by atoms with Crippen LogP contribution in [0.1, 0.15) is 5.56 Å². The predicted molar refractivity (Wildman–Crippen MR) is 87.5 cm³/mol. The summed E-state index contributed by atoms with van der Waals surface area (Å²) >= 11 is 0. The SMILES string of the molecule is Nc1ncc2c(n1)c(-c1ccccn1)nc1cc(C(F)(F)F)ccc12. The molecule has 0 aliphatic heterocycles. The third-order valence-electron chi connectivity index (χ3n) is 3.79. The maximum absolute atomic E-state index is 13.0. The first kappa shape index (κ1) is 15.3. The van der Waals surface area contributed by atoms with Crippen molar-refractivity contribution in [3.8, 4) is 11.4 Å². The van der Waals surface area contributed by atoms with Crippen LogP contribution in [-0.2, 0) is 6.18 Å². The van der Waals surface area contributed by atoms with Crippen molar-refractivity contribution < 1.29 is 13.2 Å². The Morgan fingerprint density at radius 3 is 2.48 bits per heavy atom. The van der Waals surface area contributed by atoms with E-state index in [0.717, 1.165) is 12.1 Å². The second kappa shape index (κ2) is 5.37. The molecule has 1 aromatic carbocycles. The first-order chi connectivity index (χ1) is 11.9. The Morgan fingerprint density at radius 1 is 0.920 bits per heavy atom.